The number of nitrogens with one attached hydrogen (secondary N) is 1. The average Bonchev–Trinajstić information content (AvgIpc) is 2.33. The van der Waals surface area contributed by atoms with Crippen LogP contribution in [-0.4, -0.2) is 25.2 Å². The molecule has 20 heavy (non-hydrogen) atoms. The van der Waals surface area contributed by atoms with Crippen LogP contribution in [0.1, 0.15) is 37.9 Å². The summed E-state index contributed by atoms with van der Waals surface area (Å²) in [5, 5.41) is 2.92. The summed E-state index contributed by atoms with van der Waals surface area (Å²) in [6.07, 6.45) is -2.43. The molecule has 1 aromatic heterocycles. The molecule has 0 aromatic carbocycles. The number of pyridine rings is 1. The van der Waals surface area contributed by atoms with Crippen LogP contribution in [0.5, 0.6) is 0 Å². The van der Waals surface area contributed by atoms with Crippen molar-refractivity contribution < 1.29 is 17.9 Å². The monoisotopic (exact) mass is 290 g/mol. The fourth-order valence-corrected chi connectivity index (χ4v) is 2.37. The van der Waals surface area contributed by atoms with E-state index in [4.69, 9.17) is 4.74 Å². The standard InChI is InChI=1S/C14H21F3N2O/c1-13(2,3)12(20-5)11(18-4)9-8-19-7-6-10(9)14(15,16)17/h6-8,11-12,18H,1-5H3. The predicted molar refractivity (Wildman–Crippen MR) is 71.3 cm³/mol. The highest BCUT2D eigenvalue weighted by Crippen LogP contribution is 2.38. The van der Waals surface area contributed by atoms with Crippen LogP contribution < -0.4 is 5.32 Å². The number of ether oxygens (including phenoxy) is 1. The third-order valence-electron chi connectivity index (χ3n) is 3.21. The van der Waals surface area contributed by atoms with E-state index in [-0.39, 0.29) is 11.0 Å². The number of hydrogen-bond donors (Lipinski definition) is 1. The summed E-state index contributed by atoms with van der Waals surface area (Å²) in [6, 6.07) is 0.403. The maximum Gasteiger partial charge on any atom is 0.416 e. The minimum atomic E-state index is -4.41. The highest BCUT2D eigenvalue weighted by Gasteiger charge is 2.39. The minimum absolute atomic E-state index is 0.101. The first-order chi connectivity index (χ1) is 9.12. The molecule has 2 atom stereocenters. The van der Waals surface area contributed by atoms with E-state index in [2.05, 4.69) is 10.3 Å². The van der Waals surface area contributed by atoms with E-state index in [0.29, 0.717) is 0 Å². The Morgan fingerprint density at radius 2 is 1.85 bits per heavy atom. The van der Waals surface area contributed by atoms with Gasteiger partial charge in [-0.2, -0.15) is 13.2 Å². The lowest BCUT2D eigenvalue weighted by molar-refractivity contribution is -0.139. The van der Waals surface area contributed by atoms with Crippen molar-refractivity contribution in [3.63, 3.8) is 0 Å². The summed E-state index contributed by atoms with van der Waals surface area (Å²) in [5.41, 5.74) is -0.899. The largest absolute Gasteiger partial charge is 0.416 e. The first-order valence-electron chi connectivity index (χ1n) is 6.34. The molecule has 0 aliphatic carbocycles. The van der Waals surface area contributed by atoms with E-state index in [1.165, 1.54) is 13.3 Å². The second-order valence-electron chi connectivity index (χ2n) is 5.75. The Bertz CT molecular complexity index is 441. The van der Waals surface area contributed by atoms with Gasteiger partial charge in [0, 0.05) is 25.1 Å². The Morgan fingerprint density at radius 1 is 1.25 bits per heavy atom. The lowest BCUT2D eigenvalue weighted by Gasteiger charge is -2.36. The number of methoxy groups -OCH3 is 1. The van der Waals surface area contributed by atoms with Crippen LogP contribution in [0.25, 0.3) is 0 Å². The molecule has 0 radical (unpaired) electrons. The van der Waals surface area contributed by atoms with E-state index >= 15 is 0 Å². The van der Waals surface area contributed by atoms with Crippen molar-refractivity contribution in [1.82, 2.24) is 10.3 Å². The van der Waals surface area contributed by atoms with Crippen molar-refractivity contribution in [2.45, 2.75) is 39.1 Å². The molecule has 0 amide bonds. The summed E-state index contributed by atoms with van der Waals surface area (Å²) in [5.74, 6) is 0. The molecule has 0 aliphatic rings. The van der Waals surface area contributed by atoms with Crippen LogP contribution in [0.3, 0.4) is 0 Å². The molecule has 0 fully saturated rings. The van der Waals surface area contributed by atoms with Crippen LogP contribution in [0.15, 0.2) is 18.5 Å². The first kappa shape index (κ1) is 16.9. The van der Waals surface area contributed by atoms with Crippen molar-refractivity contribution in [1.29, 1.82) is 0 Å². The molecule has 3 nitrogen and oxygen atoms in total. The smallest absolute Gasteiger partial charge is 0.379 e. The topological polar surface area (TPSA) is 34.2 Å². The van der Waals surface area contributed by atoms with Gasteiger partial charge < -0.3 is 10.1 Å². The molecule has 1 rings (SSSR count). The molecule has 1 N–H and O–H groups in total. The molecule has 0 saturated carbocycles. The molecule has 1 heterocycles. The van der Waals surface area contributed by atoms with Gasteiger partial charge in [0.2, 0.25) is 0 Å². The third kappa shape index (κ3) is 3.70. The third-order valence-corrected chi connectivity index (χ3v) is 3.21. The highest BCUT2D eigenvalue weighted by atomic mass is 19.4. The maximum absolute atomic E-state index is 13.1. The van der Waals surface area contributed by atoms with E-state index in [1.807, 2.05) is 20.8 Å². The van der Waals surface area contributed by atoms with Gasteiger partial charge in [-0.1, -0.05) is 20.8 Å². The van der Waals surface area contributed by atoms with Gasteiger partial charge in [-0.05, 0) is 18.5 Å². The van der Waals surface area contributed by atoms with Crippen molar-refractivity contribution in [3.8, 4) is 0 Å². The Morgan fingerprint density at radius 3 is 2.25 bits per heavy atom. The normalized spacial score (nSPS) is 16.0. The number of hydrogen-bond acceptors (Lipinski definition) is 3. The Balaban J connectivity index is 3.33. The predicted octanol–water partition coefficient (Wildman–Crippen LogP) is 3.42. The maximum atomic E-state index is 13.1. The first-order valence-corrected chi connectivity index (χ1v) is 6.34. The van der Waals surface area contributed by atoms with Crippen LogP contribution in [0, 0.1) is 5.41 Å². The number of likely N-dealkylation sites (N-methyl/N-ethyl adjacent to an activating group) is 1. The van der Waals surface area contributed by atoms with Gasteiger partial charge in [-0.25, -0.2) is 0 Å². The van der Waals surface area contributed by atoms with E-state index in [0.717, 1.165) is 12.3 Å². The molecule has 0 saturated heterocycles. The van der Waals surface area contributed by atoms with Gasteiger partial charge in [0.15, 0.2) is 0 Å². The fourth-order valence-electron chi connectivity index (χ4n) is 2.37. The Labute approximate surface area is 117 Å². The van der Waals surface area contributed by atoms with Gasteiger partial charge in [-0.15, -0.1) is 0 Å². The fraction of sp³-hybridized carbons (Fsp3) is 0.643. The SMILES string of the molecule is CNC(c1cnccc1C(F)(F)F)C(OC)C(C)(C)C. The van der Waals surface area contributed by atoms with Crippen LogP contribution in [0.2, 0.25) is 0 Å². The van der Waals surface area contributed by atoms with Gasteiger partial charge in [0.25, 0.3) is 0 Å². The molecule has 2 unspecified atom stereocenters. The zero-order valence-electron chi connectivity index (χ0n) is 12.4. The molecule has 0 bridgehead atoms. The minimum Gasteiger partial charge on any atom is -0.379 e. The van der Waals surface area contributed by atoms with E-state index < -0.39 is 23.9 Å². The van der Waals surface area contributed by atoms with Crippen molar-refractivity contribution in [2.24, 2.45) is 5.41 Å². The van der Waals surface area contributed by atoms with Crippen LogP contribution in [0.4, 0.5) is 13.2 Å². The lowest BCUT2D eigenvalue weighted by atomic mass is 9.81. The van der Waals surface area contributed by atoms with E-state index in [9.17, 15) is 13.2 Å². The average molecular weight is 290 g/mol. The number of aromatic nitrogens is 1. The molecule has 114 valence electrons. The second-order valence-corrected chi connectivity index (χ2v) is 5.75. The molecule has 6 heteroatoms. The summed E-state index contributed by atoms with van der Waals surface area (Å²) < 4.78 is 44.8. The zero-order chi connectivity index (χ0) is 15.6. The lowest BCUT2D eigenvalue weighted by Crippen LogP contribution is -2.41. The summed E-state index contributed by atoms with van der Waals surface area (Å²) in [6.45, 7) is 5.78. The van der Waals surface area contributed by atoms with Crippen LogP contribution >= 0.6 is 0 Å². The van der Waals surface area contributed by atoms with Gasteiger partial charge in [0.1, 0.15) is 0 Å². The van der Waals surface area contributed by atoms with Crippen molar-refractivity contribution in [2.75, 3.05) is 14.2 Å². The Hall–Kier alpha value is -1.14. The molecule has 0 spiro atoms. The number of alkyl halides is 3. The summed E-state index contributed by atoms with van der Waals surface area (Å²) in [4.78, 5) is 3.83. The second kappa shape index (κ2) is 6.10. The summed E-state index contributed by atoms with van der Waals surface area (Å²) in [7, 11) is 3.12. The number of rotatable bonds is 4. The molecule has 0 aliphatic heterocycles. The number of halogens is 3. The van der Waals surface area contributed by atoms with E-state index in [1.54, 1.807) is 7.05 Å². The quantitative estimate of drug-likeness (QED) is 0.922. The van der Waals surface area contributed by atoms with Gasteiger partial charge in [0.05, 0.1) is 17.7 Å². The van der Waals surface area contributed by atoms with Crippen molar-refractivity contribution >= 4 is 0 Å². The number of nitrogens with zero attached hydrogens (tertiary/aromatic N) is 1. The van der Waals surface area contributed by atoms with Crippen LogP contribution in [-0.2, 0) is 10.9 Å². The molecule has 1 aromatic rings. The summed E-state index contributed by atoms with van der Waals surface area (Å²) >= 11 is 0. The molecular formula is C14H21F3N2O. The Kier molecular flexibility index (Phi) is 5.15. The van der Waals surface area contributed by atoms with Crippen molar-refractivity contribution in [3.05, 3.63) is 29.6 Å². The zero-order valence-corrected chi connectivity index (χ0v) is 12.4. The molecular weight excluding hydrogens is 269 g/mol. The van der Waals surface area contributed by atoms with Gasteiger partial charge in [-0.3, -0.25) is 4.98 Å². The van der Waals surface area contributed by atoms with Gasteiger partial charge >= 0.3 is 6.18 Å². The highest BCUT2D eigenvalue weighted by molar-refractivity contribution is 5.30.